The Kier molecular flexibility index (Phi) is 6.09. The van der Waals surface area contributed by atoms with E-state index >= 15 is 0 Å². The van der Waals surface area contributed by atoms with Crippen LogP contribution in [0.3, 0.4) is 0 Å². The number of benzene rings is 2. The molecule has 0 bridgehead atoms. The summed E-state index contributed by atoms with van der Waals surface area (Å²) in [5, 5.41) is 0.310. The van der Waals surface area contributed by atoms with E-state index in [4.69, 9.17) is 4.74 Å². The van der Waals surface area contributed by atoms with Crippen molar-refractivity contribution in [2.45, 2.75) is 11.8 Å². The number of ether oxygens (including phenoxy) is 1. The number of nitrogens with one attached hydrogen (secondary N) is 1. The number of carbonyl (C=O) groups excluding carboxylic acids is 1. The summed E-state index contributed by atoms with van der Waals surface area (Å²) in [6.45, 7) is 3.13. The zero-order chi connectivity index (χ0) is 22.9. The minimum Gasteiger partial charge on any atom is -0.379 e. The van der Waals surface area contributed by atoms with Crippen LogP contribution in [-0.2, 0) is 14.8 Å². The van der Waals surface area contributed by atoms with Crippen LogP contribution < -0.4 is 10.5 Å². The summed E-state index contributed by atoms with van der Waals surface area (Å²) in [5.41, 5.74) is 0.384. The lowest BCUT2D eigenvalue weighted by atomic mass is 10.1. The number of sulfonamides is 1. The number of fused-ring (bicyclic) bond motifs is 1. The molecule has 1 aromatic heterocycles. The zero-order valence-electron chi connectivity index (χ0n) is 17.4. The molecule has 0 saturated carbocycles. The summed E-state index contributed by atoms with van der Waals surface area (Å²) in [6, 6.07) is 10.9. The van der Waals surface area contributed by atoms with E-state index in [0.717, 1.165) is 6.07 Å². The van der Waals surface area contributed by atoms with Gasteiger partial charge >= 0.3 is 0 Å². The number of pyridine rings is 1. The van der Waals surface area contributed by atoms with Gasteiger partial charge in [-0.15, -0.1) is 0 Å². The van der Waals surface area contributed by atoms with Crippen LogP contribution in [0.25, 0.3) is 10.9 Å². The van der Waals surface area contributed by atoms with E-state index in [1.165, 1.54) is 51.7 Å². The first kappa shape index (κ1) is 22.1. The number of aromatic nitrogens is 1. The Labute approximate surface area is 184 Å². The molecule has 32 heavy (non-hydrogen) atoms. The number of morpholine rings is 1. The predicted molar refractivity (Wildman–Crippen MR) is 118 cm³/mol. The summed E-state index contributed by atoms with van der Waals surface area (Å²) in [4.78, 5) is 29.7. The number of halogens is 1. The zero-order valence-corrected chi connectivity index (χ0v) is 18.2. The number of amides is 1. The van der Waals surface area contributed by atoms with E-state index in [1.807, 2.05) is 0 Å². The third kappa shape index (κ3) is 4.16. The molecule has 0 atom stereocenters. The van der Waals surface area contributed by atoms with Crippen LogP contribution in [0.2, 0.25) is 0 Å². The first-order chi connectivity index (χ1) is 15.3. The Morgan fingerprint density at radius 2 is 1.81 bits per heavy atom. The maximum atomic E-state index is 13.4. The van der Waals surface area contributed by atoms with Gasteiger partial charge in [0.1, 0.15) is 5.82 Å². The molecule has 0 spiro atoms. The van der Waals surface area contributed by atoms with Crippen molar-refractivity contribution in [3.05, 3.63) is 70.3 Å². The van der Waals surface area contributed by atoms with Crippen molar-refractivity contribution < 1.29 is 22.3 Å². The molecule has 1 fully saturated rings. The van der Waals surface area contributed by atoms with E-state index in [1.54, 1.807) is 6.92 Å². The normalized spacial score (nSPS) is 15.1. The van der Waals surface area contributed by atoms with Crippen LogP contribution in [0.4, 0.5) is 10.1 Å². The van der Waals surface area contributed by atoms with Crippen LogP contribution >= 0.6 is 0 Å². The fourth-order valence-corrected chi connectivity index (χ4v) is 5.15. The molecule has 10 heteroatoms. The van der Waals surface area contributed by atoms with Crippen molar-refractivity contribution in [2.24, 2.45) is 0 Å². The van der Waals surface area contributed by atoms with Crippen LogP contribution in [0.1, 0.15) is 17.3 Å². The second-order valence-corrected chi connectivity index (χ2v) is 9.23. The minimum atomic E-state index is -3.79. The van der Waals surface area contributed by atoms with E-state index in [-0.39, 0.29) is 30.1 Å². The summed E-state index contributed by atoms with van der Waals surface area (Å²) in [6.07, 6.45) is 0. The fourth-order valence-electron chi connectivity index (χ4n) is 3.72. The molecule has 1 N–H and O–H groups in total. The largest absolute Gasteiger partial charge is 0.379 e. The number of aromatic amines is 1. The van der Waals surface area contributed by atoms with Gasteiger partial charge in [0, 0.05) is 42.3 Å². The van der Waals surface area contributed by atoms with Gasteiger partial charge in [-0.05, 0) is 49.4 Å². The van der Waals surface area contributed by atoms with Crippen molar-refractivity contribution in [2.75, 3.05) is 37.7 Å². The fraction of sp³-hybridized carbons (Fsp3) is 0.273. The monoisotopic (exact) mass is 459 g/mol. The number of rotatable bonds is 5. The van der Waals surface area contributed by atoms with Crippen molar-refractivity contribution in [1.82, 2.24) is 9.29 Å². The molecule has 1 aliphatic heterocycles. The summed E-state index contributed by atoms with van der Waals surface area (Å²) in [7, 11) is -3.79. The standard InChI is InChI=1S/C22H22FN3O5S/c1-2-26(16-5-3-15(23)4-6-16)22(28)19-14-21(27)24-20-8-7-17(13-18(19)20)32(29,30)25-9-11-31-12-10-25/h3-8,13-14H,2,9-12H2,1H3,(H,24,27). The Morgan fingerprint density at radius 3 is 2.47 bits per heavy atom. The topological polar surface area (TPSA) is 99.8 Å². The Hall–Kier alpha value is -3.08. The molecule has 2 aromatic carbocycles. The smallest absolute Gasteiger partial charge is 0.259 e. The third-order valence-corrected chi connectivity index (χ3v) is 7.25. The third-order valence-electron chi connectivity index (χ3n) is 5.35. The van der Waals surface area contributed by atoms with Crippen LogP contribution in [0, 0.1) is 5.82 Å². The van der Waals surface area contributed by atoms with Gasteiger partial charge in [-0.2, -0.15) is 4.31 Å². The lowest BCUT2D eigenvalue weighted by Crippen LogP contribution is -2.40. The highest BCUT2D eigenvalue weighted by atomic mass is 32.2. The van der Waals surface area contributed by atoms with Gasteiger partial charge in [0.05, 0.1) is 23.7 Å². The molecule has 4 rings (SSSR count). The lowest BCUT2D eigenvalue weighted by Gasteiger charge is -2.26. The molecule has 1 aliphatic rings. The highest BCUT2D eigenvalue weighted by Crippen LogP contribution is 2.26. The molecular weight excluding hydrogens is 437 g/mol. The van der Waals surface area contributed by atoms with Gasteiger partial charge < -0.3 is 14.6 Å². The molecule has 8 nitrogen and oxygen atoms in total. The number of nitrogens with zero attached hydrogens (tertiary/aromatic N) is 2. The SMILES string of the molecule is CCN(C(=O)c1cc(=O)[nH]c2ccc(S(=O)(=O)N3CCOCC3)cc12)c1ccc(F)cc1. The predicted octanol–water partition coefficient (Wildman–Crippen LogP) is 2.35. The average Bonchev–Trinajstić information content (AvgIpc) is 2.80. The first-order valence-electron chi connectivity index (χ1n) is 10.1. The maximum Gasteiger partial charge on any atom is 0.259 e. The molecule has 2 heterocycles. The molecular formula is C22H22FN3O5S. The van der Waals surface area contributed by atoms with Gasteiger partial charge in [-0.25, -0.2) is 12.8 Å². The molecule has 1 amide bonds. The summed E-state index contributed by atoms with van der Waals surface area (Å²) >= 11 is 0. The lowest BCUT2D eigenvalue weighted by molar-refractivity contribution is 0.0730. The minimum absolute atomic E-state index is 0.0258. The van der Waals surface area contributed by atoms with E-state index in [0.29, 0.717) is 29.8 Å². The number of anilines is 1. The number of hydrogen-bond acceptors (Lipinski definition) is 5. The molecule has 168 valence electrons. The average molecular weight is 459 g/mol. The maximum absolute atomic E-state index is 13.4. The van der Waals surface area contributed by atoms with E-state index in [9.17, 15) is 22.4 Å². The van der Waals surface area contributed by atoms with Crippen molar-refractivity contribution in [3.63, 3.8) is 0 Å². The molecule has 0 radical (unpaired) electrons. The highest BCUT2D eigenvalue weighted by molar-refractivity contribution is 7.89. The van der Waals surface area contributed by atoms with Crippen molar-refractivity contribution in [1.29, 1.82) is 0 Å². The number of hydrogen-bond donors (Lipinski definition) is 1. The Bertz CT molecular complexity index is 1320. The first-order valence-corrected chi connectivity index (χ1v) is 11.6. The van der Waals surface area contributed by atoms with Crippen LogP contribution in [0.5, 0.6) is 0 Å². The highest BCUT2D eigenvalue weighted by Gasteiger charge is 2.27. The molecule has 3 aromatic rings. The quantitative estimate of drug-likeness (QED) is 0.632. The van der Waals surface area contributed by atoms with E-state index < -0.39 is 27.3 Å². The molecule has 1 saturated heterocycles. The van der Waals surface area contributed by atoms with Gasteiger partial charge in [-0.1, -0.05) is 0 Å². The number of H-pyrrole nitrogens is 1. The van der Waals surface area contributed by atoms with Gasteiger partial charge in [-0.3, -0.25) is 9.59 Å². The number of carbonyl (C=O) groups is 1. The van der Waals surface area contributed by atoms with Gasteiger partial charge in [0.25, 0.3) is 5.91 Å². The van der Waals surface area contributed by atoms with Crippen LogP contribution in [0.15, 0.2) is 58.2 Å². The molecule has 0 unspecified atom stereocenters. The van der Waals surface area contributed by atoms with Gasteiger partial charge in [0.2, 0.25) is 15.6 Å². The van der Waals surface area contributed by atoms with Crippen LogP contribution in [-0.4, -0.2) is 56.5 Å². The Morgan fingerprint density at radius 1 is 1.12 bits per heavy atom. The summed E-state index contributed by atoms with van der Waals surface area (Å²) < 4.78 is 46.1. The second kappa shape index (κ2) is 8.81. The Balaban J connectivity index is 1.81. The van der Waals surface area contributed by atoms with Crippen molar-refractivity contribution in [3.8, 4) is 0 Å². The van der Waals surface area contributed by atoms with Gasteiger partial charge in [0.15, 0.2) is 0 Å². The summed E-state index contributed by atoms with van der Waals surface area (Å²) in [5.74, 6) is -0.923. The molecule has 0 aliphatic carbocycles. The van der Waals surface area contributed by atoms with E-state index in [2.05, 4.69) is 4.98 Å². The second-order valence-electron chi connectivity index (χ2n) is 7.30. The van der Waals surface area contributed by atoms with Crippen molar-refractivity contribution >= 4 is 32.5 Å².